The molecule has 128 valence electrons. The van der Waals surface area contributed by atoms with Crippen molar-refractivity contribution in [3.63, 3.8) is 0 Å². The third kappa shape index (κ3) is 4.15. The summed E-state index contributed by atoms with van der Waals surface area (Å²) < 4.78 is 14.5. The Morgan fingerprint density at radius 3 is 2.79 bits per heavy atom. The average molecular weight is 334 g/mol. The van der Waals surface area contributed by atoms with E-state index in [1.54, 1.807) is 6.92 Å². The highest BCUT2D eigenvalue weighted by Crippen LogP contribution is 2.14. The van der Waals surface area contributed by atoms with Crippen molar-refractivity contribution in [1.82, 2.24) is 20.3 Å². The van der Waals surface area contributed by atoms with Crippen molar-refractivity contribution >= 4 is 11.9 Å². The van der Waals surface area contributed by atoms with Crippen molar-refractivity contribution in [2.24, 2.45) is 0 Å². The number of hydrogen-bond acceptors (Lipinski definition) is 4. The molecule has 0 unspecified atom stereocenters. The van der Waals surface area contributed by atoms with Gasteiger partial charge in [-0.05, 0) is 37.1 Å². The van der Waals surface area contributed by atoms with E-state index in [1.807, 2.05) is 6.92 Å². The van der Waals surface area contributed by atoms with Gasteiger partial charge < -0.3 is 10.4 Å². The Kier molecular flexibility index (Phi) is 5.62. The number of amides is 1. The van der Waals surface area contributed by atoms with Gasteiger partial charge in [0.1, 0.15) is 11.9 Å². The van der Waals surface area contributed by atoms with Crippen LogP contribution in [0.2, 0.25) is 0 Å². The predicted octanol–water partition coefficient (Wildman–Crippen LogP) is 2.09. The number of carbonyl (C=O) groups is 2. The number of aromatic nitrogens is 3. The zero-order chi connectivity index (χ0) is 17.7. The molecule has 2 rings (SSSR count). The van der Waals surface area contributed by atoms with Crippen LogP contribution in [0.5, 0.6) is 0 Å². The zero-order valence-electron chi connectivity index (χ0n) is 13.5. The third-order valence-corrected chi connectivity index (χ3v) is 3.58. The quantitative estimate of drug-likeness (QED) is 0.808. The first-order chi connectivity index (χ1) is 11.4. The number of benzene rings is 1. The molecule has 0 aliphatic heterocycles. The van der Waals surface area contributed by atoms with Crippen molar-refractivity contribution in [3.05, 3.63) is 41.5 Å². The number of nitrogens with zero attached hydrogens (tertiary/aromatic N) is 3. The molecule has 0 saturated heterocycles. The number of rotatable bonds is 7. The van der Waals surface area contributed by atoms with Gasteiger partial charge in [0.2, 0.25) is 0 Å². The summed E-state index contributed by atoms with van der Waals surface area (Å²) in [6, 6.07) is 3.20. The molecular weight excluding hydrogens is 315 g/mol. The summed E-state index contributed by atoms with van der Waals surface area (Å²) in [5.74, 6) is -2.06. The lowest BCUT2D eigenvalue weighted by molar-refractivity contribution is -0.139. The van der Waals surface area contributed by atoms with Crippen LogP contribution in [0.15, 0.2) is 24.4 Å². The highest BCUT2D eigenvalue weighted by atomic mass is 19.1. The lowest BCUT2D eigenvalue weighted by atomic mass is 10.1. The maximum absolute atomic E-state index is 13.2. The minimum absolute atomic E-state index is 0.00136. The van der Waals surface area contributed by atoms with Gasteiger partial charge in [0.15, 0.2) is 5.69 Å². The molecule has 0 bridgehead atoms. The summed E-state index contributed by atoms with van der Waals surface area (Å²) in [4.78, 5) is 23.3. The molecule has 1 heterocycles. The number of carboxylic acid groups (broad SMARTS) is 1. The van der Waals surface area contributed by atoms with E-state index in [0.717, 1.165) is 6.42 Å². The van der Waals surface area contributed by atoms with E-state index in [4.69, 9.17) is 5.11 Å². The van der Waals surface area contributed by atoms with E-state index >= 15 is 0 Å². The lowest BCUT2D eigenvalue weighted by Gasteiger charge is -2.12. The fourth-order valence-corrected chi connectivity index (χ4v) is 2.26. The maximum Gasteiger partial charge on any atom is 0.326 e. The number of halogens is 1. The molecular formula is C16H19FN4O3. The van der Waals surface area contributed by atoms with E-state index in [-0.39, 0.29) is 11.5 Å². The van der Waals surface area contributed by atoms with E-state index in [2.05, 4.69) is 15.6 Å². The number of nitrogens with one attached hydrogen (secondary N) is 1. The van der Waals surface area contributed by atoms with Crippen LogP contribution in [0.25, 0.3) is 5.69 Å². The van der Waals surface area contributed by atoms with Gasteiger partial charge in [0, 0.05) is 0 Å². The molecule has 0 aliphatic carbocycles. The molecule has 1 amide bonds. The van der Waals surface area contributed by atoms with Gasteiger partial charge in [0.25, 0.3) is 5.91 Å². The monoisotopic (exact) mass is 334 g/mol. The van der Waals surface area contributed by atoms with Crippen molar-refractivity contribution in [3.8, 4) is 5.69 Å². The van der Waals surface area contributed by atoms with Crippen LogP contribution in [-0.4, -0.2) is 38.0 Å². The smallest absolute Gasteiger partial charge is 0.326 e. The summed E-state index contributed by atoms with van der Waals surface area (Å²) in [5, 5.41) is 19.2. The minimum Gasteiger partial charge on any atom is -0.480 e. The zero-order valence-corrected chi connectivity index (χ0v) is 13.5. The molecule has 2 aromatic rings. The topological polar surface area (TPSA) is 97.1 Å². The Labute approximate surface area is 138 Å². The number of aryl methyl sites for hydroxylation is 1. The molecule has 7 nitrogen and oxygen atoms in total. The Morgan fingerprint density at radius 2 is 2.17 bits per heavy atom. The van der Waals surface area contributed by atoms with E-state index < -0.39 is 17.9 Å². The van der Waals surface area contributed by atoms with E-state index in [0.29, 0.717) is 24.1 Å². The Hall–Kier alpha value is -2.77. The predicted molar refractivity (Wildman–Crippen MR) is 84.5 cm³/mol. The lowest BCUT2D eigenvalue weighted by Crippen LogP contribution is -2.40. The third-order valence-electron chi connectivity index (χ3n) is 3.58. The maximum atomic E-state index is 13.2. The number of unbranched alkanes of at least 4 members (excludes halogenated alkanes) is 1. The van der Waals surface area contributed by atoms with Gasteiger partial charge in [-0.15, -0.1) is 5.10 Å². The summed E-state index contributed by atoms with van der Waals surface area (Å²) >= 11 is 0. The summed E-state index contributed by atoms with van der Waals surface area (Å²) in [6.07, 6.45) is 3.26. The van der Waals surface area contributed by atoms with Crippen molar-refractivity contribution in [2.75, 3.05) is 0 Å². The normalized spacial score (nSPS) is 12.0. The van der Waals surface area contributed by atoms with Gasteiger partial charge in [-0.1, -0.05) is 25.0 Å². The van der Waals surface area contributed by atoms with Gasteiger partial charge >= 0.3 is 5.97 Å². The molecule has 1 atom stereocenters. The van der Waals surface area contributed by atoms with Crippen LogP contribution in [0.1, 0.15) is 42.2 Å². The molecule has 0 fully saturated rings. The summed E-state index contributed by atoms with van der Waals surface area (Å²) in [5.41, 5.74) is 1.23. The number of hydrogen-bond donors (Lipinski definition) is 2. The van der Waals surface area contributed by atoms with Crippen LogP contribution in [-0.2, 0) is 4.79 Å². The highest BCUT2D eigenvalue weighted by molar-refractivity contribution is 5.94. The Bertz CT molecular complexity index is 745. The Balaban J connectivity index is 2.14. The molecule has 1 aromatic heterocycles. The Morgan fingerprint density at radius 1 is 1.42 bits per heavy atom. The largest absolute Gasteiger partial charge is 0.480 e. The van der Waals surface area contributed by atoms with Crippen LogP contribution in [0.4, 0.5) is 4.39 Å². The van der Waals surface area contributed by atoms with Crippen molar-refractivity contribution < 1.29 is 19.1 Å². The second kappa shape index (κ2) is 7.67. The first-order valence-corrected chi connectivity index (χ1v) is 7.65. The fourth-order valence-electron chi connectivity index (χ4n) is 2.26. The molecule has 8 heteroatoms. The standard InChI is InChI=1S/C16H19FN4O3/c1-3-4-5-12(16(23)24)18-15(22)13-9-21(20-19-13)14-7-6-11(17)8-10(14)2/h6-9,12H,3-5H2,1-2H3,(H,18,22)(H,23,24)/t12-/m0/s1. The second-order valence-electron chi connectivity index (χ2n) is 5.49. The van der Waals surface area contributed by atoms with Gasteiger partial charge in [-0.2, -0.15) is 0 Å². The van der Waals surface area contributed by atoms with Crippen LogP contribution < -0.4 is 5.32 Å². The molecule has 24 heavy (non-hydrogen) atoms. The summed E-state index contributed by atoms with van der Waals surface area (Å²) in [7, 11) is 0. The van der Waals surface area contributed by atoms with Gasteiger partial charge in [-0.3, -0.25) is 4.79 Å². The average Bonchev–Trinajstić information content (AvgIpc) is 3.00. The number of carboxylic acids is 1. The van der Waals surface area contributed by atoms with Crippen molar-refractivity contribution in [1.29, 1.82) is 0 Å². The number of aliphatic carboxylic acids is 1. The molecule has 1 aromatic carbocycles. The van der Waals surface area contributed by atoms with Gasteiger partial charge in [0.05, 0.1) is 11.9 Å². The first kappa shape index (κ1) is 17.6. The highest BCUT2D eigenvalue weighted by Gasteiger charge is 2.22. The van der Waals surface area contributed by atoms with Crippen molar-refractivity contribution in [2.45, 2.75) is 39.2 Å². The molecule has 0 radical (unpaired) electrons. The second-order valence-corrected chi connectivity index (χ2v) is 5.49. The molecule has 0 saturated carbocycles. The molecule has 2 N–H and O–H groups in total. The SMILES string of the molecule is CCCC[C@H](NC(=O)c1cn(-c2ccc(F)cc2C)nn1)C(=O)O. The number of carbonyl (C=O) groups excluding carboxylic acids is 1. The fraction of sp³-hybridized carbons (Fsp3) is 0.375. The molecule has 0 spiro atoms. The van der Waals surface area contributed by atoms with Crippen LogP contribution in [0, 0.1) is 12.7 Å². The first-order valence-electron chi connectivity index (χ1n) is 7.65. The minimum atomic E-state index is -1.08. The van der Waals surface area contributed by atoms with E-state index in [1.165, 1.54) is 29.1 Å². The molecule has 0 aliphatic rings. The van der Waals surface area contributed by atoms with Gasteiger partial charge in [-0.25, -0.2) is 13.9 Å². The van der Waals surface area contributed by atoms with Crippen LogP contribution >= 0.6 is 0 Å². The van der Waals surface area contributed by atoms with E-state index in [9.17, 15) is 14.0 Å². The summed E-state index contributed by atoms with van der Waals surface area (Å²) in [6.45, 7) is 3.66. The van der Waals surface area contributed by atoms with Crippen LogP contribution in [0.3, 0.4) is 0 Å².